The standard InChI is InChI=1S/C25H22ClFN2O3S/c1-28(14-18-8-3-2-4-9-18)25(30)16-29-15-24(19-10-5-6-13-23(19)29)33(31,32)17-20-21(26)11-7-12-22(20)27/h2-13,15H,14,16-17H2,1H3. The second kappa shape index (κ2) is 9.37. The van der Waals surface area contributed by atoms with E-state index in [2.05, 4.69) is 0 Å². The number of hydrogen-bond acceptors (Lipinski definition) is 3. The maximum absolute atomic E-state index is 14.3. The molecule has 33 heavy (non-hydrogen) atoms. The third-order valence-corrected chi connectivity index (χ3v) is 7.50. The second-order valence-electron chi connectivity index (χ2n) is 7.83. The molecule has 4 aromatic rings. The number of rotatable bonds is 7. The Kier molecular flexibility index (Phi) is 6.54. The molecule has 3 aromatic carbocycles. The molecule has 0 fully saturated rings. The summed E-state index contributed by atoms with van der Waals surface area (Å²) in [6.07, 6.45) is 1.45. The van der Waals surface area contributed by atoms with Crippen LogP contribution >= 0.6 is 11.6 Å². The first-order valence-corrected chi connectivity index (χ1v) is 12.3. The molecule has 1 heterocycles. The zero-order valence-electron chi connectivity index (χ0n) is 17.9. The topological polar surface area (TPSA) is 59.4 Å². The molecule has 1 amide bonds. The molecule has 5 nitrogen and oxygen atoms in total. The van der Waals surface area contributed by atoms with Crippen LogP contribution in [0.2, 0.25) is 5.02 Å². The summed E-state index contributed by atoms with van der Waals surface area (Å²) in [5, 5.41) is 0.531. The Morgan fingerprint density at radius 3 is 2.42 bits per heavy atom. The van der Waals surface area contributed by atoms with E-state index in [9.17, 15) is 17.6 Å². The van der Waals surface area contributed by atoms with Crippen molar-refractivity contribution in [3.8, 4) is 0 Å². The fraction of sp³-hybridized carbons (Fsp3) is 0.160. The van der Waals surface area contributed by atoms with Gasteiger partial charge in [-0.05, 0) is 23.8 Å². The van der Waals surface area contributed by atoms with E-state index in [1.807, 2.05) is 30.3 Å². The number of likely N-dealkylation sites (N-methyl/N-ethyl adjacent to an activating group) is 1. The number of fused-ring (bicyclic) bond motifs is 1. The summed E-state index contributed by atoms with van der Waals surface area (Å²) in [4.78, 5) is 14.5. The number of aromatic nitrogens is 1. The number of para-hydroxylation sites is 1. The van der Waals surface area contributed by atoms with Crippen LogP contribution in [0.5, 0.6) is 0 Å². The van der Waals surface area contributed by atoms with Gasteiger partial charge in [0.15, 0.2) is 9.84 Å². The monoisotopic (exact) mass is 484 g/mol. The molecule has 0 spiro atoms. The van der Waals surface area contributed by atoms with Gasteiger partial charge in [-0.3, -0.25) is 4.79 Å². The molecule has 0 atom stereocenters. The first-order valence-electron chi connectivity index (χ1n) is 10.3. The quantitative estimate of drug-likeness (QED) is 0.368. The molecule has 0 saturated carbocycles. The molecular weight excluding hydrogens is 463 g/mol. The number of hydrogen-bond donors (Lipinski definition) is 0. The summed E-state index contributed by atoms with van der Waals surface area (Å²) < 4.78 is 42.4. The summed E-state index contributed by atoms with van der Waals surface area (Å²) in [7, 11) is -2.23. The number of carbonyl (C=O) groups excluding carboxylic acids is 1. The molecular formula is C25H22ClFN2O3S. The number of carbonyl (C=O) groups is 1. The Morgan fingerprint density at radius 2 is 1.70 bits per heavy atom. The van der Waals surface area contributed by atoms with Gasteiger partial charge in [0.1, 0.15) is 12.4 Å². The van der Waals surface area contributed by atoms with Crippen LogP contribution in [0.3, 0.4) is 0 Å². The zero-order chi connectivity index (χ0) is 23.6. The van der Waals surface area contributed by atoms with E-state index in [0.29, 0.717) is 17.4 Å². The van der Waals surface area contributed by atoms with Gasteiger partial charge < -0.3 is 9.47 Å². The third-order valence-electron chi connectivity index (χ3n) is 5.48. The Bertz CT molecular complexity index is 1400. The minimum Gasteiger partial charge on any atom is -0.340 e. The maximum Gasteiger partial charge on any atom is 0.242 e. The van der Waals surface area contributed by atoms with Crippen molar-refractivity contribution in [2.45, 2.75) is 23.7 Å². The molecule has 0 aliphatic rings. The highest BCUT2D eigenvalue weighted by Gasteiger charge is 2.25. The fourth-order valence-corrected chi connectivity index (χ4v) is 5.68. The lowest BCUT2D eigenvalue weighted by Crippen LogP contribution is -2.29. The smallest absolute Gasteiger partial charge is 0.242 e. The van der Waals surface area contributed by atoms with Crippen LogP contribution in [0.4, 0.5) is 4.39 Å². The molecule has 0 aliphatic carbocycles. The summed E-state index contributed by atoms with van der Waals surface area (Å²) in [6, 6.07) is 20.6. The Morgan fingerprint density at radius 1 is 1.00 bits per heavy atom. The molecule has 4 rings (SSSR count). The third kappa shape index (κ3) is 4.94. The van der Waals surface area contributed by atoms with Crippen molar-refractivity contribution in [1.82, 2.24) is 9.47 Å². The van der Waals surface area contributed by atoms with Gasteiger partial charge in [-0.25, -0.2) is 12.8 Å². The van der Waals surface area contributed by atoms with E-state index in [-0.39, 0.29) is 27.9 Å². The van der Waals surface area contributed by atoms with Gasteiger partial charge in [-0.2, -0.15) is 0 Å². The van der Waals surface area contributed by atoms with Crippen LogP contribution in [0.1, 0.15) is 11.1 Å². The molecule has 1 aromatic heterocycles. The van der Waals surface area contributed by atoms with Gasteiger partial charge in [0.05, 0.1) is 10.6 Å². The van der Waals surface area contributed by atoms with E-state index in [4.69, 9.17) is 11.6 Å². The summed E-state index contributed by atoms with van der Waals surface area (Å²) in [5.74, 6) is -1.41. The maximum atomic E-state index is 14.3. The van der Waals surface area contributed by atoms with Crippen molar-refractivity contribution in [3.05, 3.63) is 101 Å². The van der Waals surface area contributed by atoms with Gasteiger partial charge in [0.2, 0.25) is 5.91 Å². The van der Waals surface area contributed by atoms with Crippen LogP contribution in [0, 0.1) is 5.82 Å². The summed E-state index contributed by atoms with van der Waals surface area (Å²) in [6.45, 7) is 0.412. The minimum atomic E-state index is -3.94. The van der Waals surface area contributed by atoms with E-state index in [1.165, 1.54) is 24.4 Å². The Hall–Kier alpha value is -3.16. The van der Waals surface area contributed by atoms with E-state index >= 15 is 0 Å². The minimum absolute atomic E-state index is 0.0280. The molecule has 8 heteroatoms. The van der Waals surface area contributed by atoms with Crippen molar-refractivity contribution in [3.63, 3.8) is 0 Å². The Balaban J connectivity index is 1.64. The number of sulfone groups is 1. The van der Waals surface area contributed by atoms with E-state index < -0.39 is 21.4 Å². The van der Waals surface area contributed by atoms with Gasteiger partial charge in [-0.15, -0.1) is 0 Å². The van der Waals surface area contributed by atoms with Crippen molar-refractivity contribution in [2.75, 3.05) is 7.05 Å². The molecule has 0 saturated heterocycles. The van der Waals surface area contributed by atoms with E-state index in [0.717, 1.165) is 5.56 Å². The summed E-state index contributed by atoms with van der Waals surface area (Å²) in [5.41, 5.74) is 1.53. The fourth-order valence-electron chi connectivity index (χ4n) is 3.74. The van der Waals surface area contributed by atoms with Gasteiger partial charge in [0, 0.05) is 41.3 Å². The molecule has 0 unspecified atom stereocenters. The largest absolute Gasteiger partial charge is 0.340 e. The summed E-state index contributed by atoms with van der Waals surface area (Å²) >= 11 is 6.06. The van der Waals surface area contributed by atoms with Crippen molar-refractivity contribution < 1.29 is 17.6 Å². The second-order valence-corrected chi connectivity index (χ2v) is 10.2. The predicted molar refractivity (Wildman–Crippen MR) is 127 cm³/mol. The molecule has 170 valence electrons. The molecule has 0 N–H and O–H groups in total. The number of amides is 1. The average Bonchev–Trinajstić information content (AvgIpc) is 3.16. The van der Waals surface area contributed by atoms with Gasteiger partial charge >= 0.3 is 0 Å². The lowest BCUT2D eigenvalue weighted by Gasteiger charge is -2.18. The Labute approximate surface area is 196 Å². The first-order chi connectivity index (χ1) is 15.8. The number of halogens is 2. The molecule has 0 bridgehead atoms. The average molecular weight is 485 g/mol. The van der Waals surface area contributed by atoms with Crippen molar-refractivity contribution in [1.29, 1.82) is 0 Å². The van der Waals surface area contributed by atoms with Crippen molar-refractivity contribution in [2.24, 2.45) is 0 Å². The highest BCUT2D eigenvalue weighted by atomic mass is 35.5. The number of nitrogens with zero attached hydrogens (tertiary/aromatic N) is 2. The van der Waals surface area contributed by atoms with E-state index in [1.54, 1.807) is 40.8 Å². The molecule has 0 aliphatic heterocycles. The van der Waals surface area contributed by atoms with Crippen LogP contribution in [-0.2, 0) is 33.5 Å². The highest BCUT2D eigenvalue weighted by molar-refractivity contribution is 7.90. The first kappa shape index (κ1) is 23.0. The molecule has 0 radical (unpaired) electrons. The van der Waals surface area contributed by atoms with Gasteiger partial charge in [-0.1, -0.05) is 66.2 Å². The predicted octanol–water partition coefficient (Wildman–Crippen LogP) is 5.07. The van der Waals surface area contributed by atoms with Crippen LogP contribution in [-0.4, -0.2) is 30.8 Å². The van der Waals surface area contributed by atoms with Crippen molar-refractivity contribution >= 4 is 38.2 Å². The lowest BCUT2D eigenvalue weighted by molar-refractivity contribution is -0.131. The SMILES string of the molecule is CN(Cc1ccccc1)C(=O)Cn1cc(S(=O)(=O)Cc2c(F)cccc2Cl)c2ccccc21. The zero-order valence-corrected chi connectivity index (χ0v) is 19.5. The highest BCUT2D eigenvalue weighted by Crippen LogP contribution is 2.30. The van der Waals surface area contributed by atoms with Crippen LogP contribution in [0.15, 0.2) is 83.9 Å². The number of benzene rings is 3. The normalized spacial score (nSPS) is 11.6. The van der Waals surface area contributed by atoms with Crippen LogP contribution < -0.4 is 0 Å². The lowest BCUT2D eigenvalue weighted by atomic mass is 10.2. The van der Waals surface area contributed by atoms with Crippen LogP contribution in [0.25, 0.3) is 10.9 Å². The van der Waals surface area contributed by atoms with Gasteiger partial charge in [0.25, 0.3) is 0 Å².